The molecule has 2 aliphatic heterocycles. The highest BCUT2D eigenvalue weighted by molar-refractivity contribution is 5.75. The summed E-state index contributed by atoms with van der Waals surface area (Å²) in [5.74, 6) is -0.109. The Kier molecular flexibility index (Phi) is 2.44. The van der Waals surface area contributed by atoms with Crippen molar-refractivity contribution in [1.29, 1.82) is 0 Å². The van der Waals surface area contributed by atoms with Gasteiger partial charge in [0, 0.05) is 12.3 Å². The molecule has 4 heteroatoms. The molecule has 0 bridgehead atoms. The maximum absolute atomic E-state index is 11.3. The monoisotopic (exact) mass is 198 g/mol. The van der Waals surface area contributed by atoms with E-state index in [1.807, 2.05) is 6.92 Å². The van der Waals surface area contributed by atoms with Crippen LogP contribution in [0.1, 0.15) is 26.2 Å². The highest BCUT2D eigenvalue weighted by atomic mass is 16.6. The van der Waals surface area contributed by atoms with Crippen LogP contribution in [0, 0.1) is 11.8 Å². The van der Waals surface area contributed by atoms with Gasteiger partial charge in [0.15, 0.2) is 0 Å². The molecule has 2 rings (SSSR count). The van der Waals surface area contributed by atoms with Gasteiger partial charge in [-0.05, 0) is 12.8 Å². The molecule has 0 N–H and O–H groups in total. The van der Waals surface area contributed by atoms with Crippen molar-refractivity contribution in [2.24, 2.45) is 11.8 Å². The van der Waals surface area contributed by atoms with E-state index in [2.05, 4.69) is 0 Å². The topological polar surface area (TPSA) is 52.6 Å². The molecule has 78 valence electrons. The second-order valence-electron chi connectivity index (χ2n) is 4.10. The first-order valence-corrected chi connectivity index (χ1v) is 5.03. The van der Waals surface area contributed by atoms with Crippen molar-refractivity contribution in [2.75, 3.05) is 6.61 Å². The van der Waals surface area contributed by atoms with Crippen molar-refractivity contribution in [2.45, 2.75) is 32.3 Å². The largest absolute Gasteiger partial charge is 0.465 e. The smallest absolute Gasteiger partial charge is 0.309 e. The Labute approximate surface area is 82.6 Å². The summed E-state index contributed by atoms with van der Waals surface area (Å²) in [6.45, 7) is 2.50. The molecule has 3 unspecified atom stereocenters. The van der Waals surface area contributed by atoms with E-state index in [-0.39, 0.29) is 29.9 Å². The summed E-state index contributed by atoms with van der Waals surface area (Å²) in [5, 5.41) is 0. The minimum atomic E-state index is -0.144. The van der Waals surface area contributed by atoms with Gasteiger partial charge in [0.1, 0.15) is 6.10 Å². The van der Waals surface area contributed by atoms with Crippen LogP contribution in [0.3, 0.4) is 0 Å². The third-order valence-corrected chi connectivity index (χ3v) is 2.96. The Hall–Kier alpha value is -1.06. The van der Waals surface area contributed by atoms with Crippen LogP contribution < -0.4 is 0 Å². The van der Waals surface area contributed by atoms with Gasteiger partial charge in [0.05, 0.1) is 12.5 Å². The lowest BCUT2D eigenvalue weighted by atomic mass is 9.91. The fourth-order valence-corrected chi connectivity index (χ4v) is 2.03. The van der Waals surface area contributed by atoms with Crippen molar-refractivity contribution in [3.63, 3.8) is 0 Å². The van der Waals surface area contributed by atoms with Gasteiger partial charge in [0.25, 0.3) is 0 Å². The molecule has 2 saturated heterocycles. The summed E-state index contributed by atoms with van der Waals surface area (Å²) in [4.78, 5) is 22.1. The van der Waals surface area contributed by atoms with E-state index in [0.29, 0.717) is 19.4 Å². The van der Waals surface area contributed by atoms with E-state index >= 15 is 0 Å². The lowest BCUT2D eigenvalue weighted by Crippen LogP contribution is -2.21. The SMILES string of the molecule is CC1COC(=O)C1CC1CCC(=O)O1. The minimum Gasteiger partial charge on any atom is -0.465 e. The molecule has 2 heterocycles. The quantitative estimate of drug-likeness (QED) is 0.618. The zero-order chi connectivity index (χ0) is 10.1. The Bertz CT molecular complexity index is 261. The zero-order valence-electron chi connectivity index (χ0n) is 8.19. The van der Waals surface area contributed by atoms with Crippen LogP contribution in [0.5, 0.6) is 0 Å². The Morgan fingerprint density at radius 2 is 2.21 bits per heavy atom. The molecule has 4 nitrogen and oxygen atoms in total. The molecule has 0 radical (unpaired) electrons. The van der Waals surface area contributed by atoms with Crippen LogP contribution in [-0.2, 0) is 19.1 Å². The average Bonchev–Trinajstić information content (AvgIpc) is 2.67. The predicted molar refractivity (Wildman–Crippen MR) is 47.3 cm³/mol. The van der Waals surface area contributed by atoms with Crippen molar-refractivity contribution in [3.8, 4) is 0 Å². The van der Waals surface area contributed by atoms with Gasteiger partial charge in [0.2, 0.25) is 0 Å². The number of ether oxygens (including phenoxy) is 2. The normalized spacial score (nSPS) is 37.1. The summed E-state index contributed by atoms with van der Waals surface area (Å²) in [7, 11) is 0. The second-order valence-corrected chi connectivity index (χ2v) is 4.10. The lowest BCUT2D eigenvalue weighted by molar-refractivity contribution is -0.146. The highest BCUT2D eigenvalue weighted by Gasteiger charge is 2.37. The van der Waals surface area contributed by atoms with E-state index in [0.717, 1.165) is 6.42 Å². The first-order valence-electron chi connectivity index (χ1n) is 5.03. The Morgan fingerprint density at radius 3 is 2.71 bits per heavy atom. The van der Waals surface area contributed by atoms with E-state index < -0.39 is 0 Å². The molecule has 0 amide bonds. The summed E-state index contributed by atoms with van der Waals surface area (Å²) in [6.07, 6.45) is 1.79. The van der Waals surface area contributed by atoms with E-state index in [1.165, 1.54) is 0 Å². The molecule has 2 aliphatic rings. The van der Waals surface area contributed by atoms with Gasteiger partial charge in [-0.3, -0.25) is 9.59 Å². The van der Waals surface area contributed by atoms with Gasteiger partial charge < -0.3 is 9.47 Å². The molecular formula is C10H14O4. The zero-order valence-corrected chi connectivity index (χ0v) is 8.19. The van der Waals surface area contributed by atoms with E-state index in [4.69, 9.17) is 9.47 Å². The average molecular weight is 198 g/mol. The minimum absolute atomic E-state index is 0.0689. The first kappa shape index (κ1) is 9.49. The standard InChI is InChI=1S/C10H14O4/c1-6-5-13-10(12)8(6)4-7-2-3-9(11)14-7/h6-8H,2-5H2,1H3. The van der Waals surface area contributed by atoms with Gasteiger partial charge in [-0.2, -0.15) is 0 Å². The number of hydrogen-bond acceptors (Lipinski definition) is 4. The maximum Gasteiger partial charge on any atom is 0.309 e. The number of cyclic esters (lactones) is 2. The number of carbonyl (C=O) groups excluding carboxylic acids is 2. The van der Waals surface area contributed by atoms with Gasteiger partial charge in [-0.25, -0.2) is 0 Å². The van der Waals surface area contributed by atoms with Gasteiger partial charge in [-0.1, -0.05) is 6.92 Å². The highest BCUT2D eigenvalue weighted by Crippen LogP contribution is 2.30. The lowest BCUT2D eigenvalue weighted by Gasteiger charge is -2.14. The summed E-state index contributed by atoms with van der Waals surface area (Å²) < 4.78 is 10.0. The molecular weight excluding hydrogens is 184 g/mol. The molecule has 0 aromatic heterocycles. The van der Waals surface area contributed by atoms with Crippen LogP contribution in [-0.4, -0.2) is 24.6 Å². The van der Waals surface area contributed by atoms with Crippen LogP contribution in [0.15, 0.2) is 0 Å². The number of rotatable bonds is 2. The summed E-state index contributed by atoms with van der Waals surface area (Å²) in [5.41, 5.74) is 0. The van der Waals surface area contributed by atoms with Gasteiger partial charge in [-0.15, -0.1) is 0 Å². The fourth-order valence-electron chi connectivity index (χ4n) is 2.03. The van der Waals surface area contributed by atoms with E-state index in [9.17, 15) is 9.59 Å². The molecule has 3 atom stereocenters. The van der Waals surface area contributed by atoms with Crippen LogP contribution in [0.25, 0.3) is 0 Å². The fraction of sp³-hybridized carbons (Fsp3) is 0.800. The van der Waals surface area contributed by atoms with Crippen molar-refractivity contribution in [3.05, 3.63) is 0 Å². The van der Waals surface area contributed by atoms with Crippen molar-refractivity contribution in [1.82, 2.24) is 0 Å². The van der Waals surface area contributed by atoms with Crippen molar-refractivity contribution >= 4 is 11.9 Å². The number of esters is 2. The maximum atomic E-state index is 11.3. The van der Waals surface area contributed by atoms with Crippen molar-refractivity contribution < 1.29 is 19.1 Å². The molecule has 0 aliphatic carbocycles. The van der Waals surface area contributed by atoms with Gasteiger partial charge >= 0.3 is 11.9 Å². The molecule has 0 aromatic carbocycles. The number of carbonyl (C=O) groups is 2. The first-order chi connectivity index (χ1) is 6.66. The molecule has 0 aromatic rings. The molecule has 14 heavy (non-hydrogen) atoms. The predicted octanol–water partition coefficient (Wildman–Crippen LogP) is 0.891. The Morgan fingerprint density at radius 1 is 1.43 bits per heavy atom. The number of hydrogen-bond donors (Lipinski definition) is 0. The summed E-state index contributed by atoms with van der Waals surface area (Å²) >= 11 is 0. The molecule has 2 fully saturated rings. The van der Waals surface area contributed by atoms with E-state index in [1.54, 1.807) is 0 Å². The second kappa shape index (κ2) is 3.59. The summed E-state index contributed by atoms with van der Waals surface area (Å²) in [6, 6.07) is 0. The third kappa shape index (κ3) is 1.74. The van der Waals surface area contributed by atoms with Crippen LogP contribution in [0.2, 0.25) is 0 Å². The molecule has 0 spiro atoms. The van der Waals surface area contributed by atoms with Crippen LogP contribution >= 0.6 is 0 Å². The molecule has 0 saturated carbocycles. The Balaban J connectivity index is 1.90. The third-order valence-electron chi connectivity index (χ3n) is 2.96. The van der Waals surface area contributed by atoms with Crippen LogP contribution in [0.4, 0.5) is 0 Å².